The van der Waals surface area contributed by atoms with E-state index in [1.807, 2.05) is 55.7 Å². The summed E-state index contributed by atoms with van der Waals surface area (Å²) in [5.74, 6) is 0.679. The van der Waals surface area contributed by atoms with Crippen LogP contribution in [0.4, 0.5) is 0 Å². The monoisotopic (exact) mass is 323 g/mol. The molecule has 0 saturated carbocycles. The van der Waals surface area contributed by atoms with Crippen molar-refractivity contribution >= 4 is 21.8 Å². The summed E-state index contributed by atoms with van der Waals surface area (Å²) >= 11 is 0. The number of hydrogen-bond acceptors (Lipinski definition) is 3. The zero-order chi connectivity index (χ0) is 17.1. The van der Waals surface area contributed by atoms with Crippen LogP contribution in [0, 0.1) is 0 Å². The highest BCUT2D eigenvalue weighted by molar-refractivity contribution is 5.85. The van der Waals surface area contributed by atoms with Gasteiger partial charge >= 0.3 is 0 Å². The maximum absolute atomic E-state index is 9.74. The summed E-state index contributed by atoms with van der Waals surface area (Å²) in [6, 6.07) is 12.8. The summed E-state index contributed by atoms with van der Waals surface area (Å²) in [6.07, 6.45) is 3.74. The van der Waals surface area contributed by atoms with Crippen molar-refractivity contribution in [2.24, 2.45) is 0 Å². The van der Waals surface area contributed by atoms with Gasteiger partial charge < -0.3 is 25.1 Å². The Balaban J connectivity index is 0.000000149. The van der Waals surface area contributed by atoms with Crippen LogP contribution in [0.1, 0.15) is 5.56 Å². The van der Waals surface area contributed by atoms with E-state index in [1.54, 1.807) is 18.2 Å². The molecule has 0 aliphatic carbocycles. The molecule has 0 saturated heterocycles. The normalized spacial score (nSPS) is 11.0. The van der Waals surface area contributed by atoms with E-state index >= 15 is 0 Å². The van der Waals surface area contributed by atoms with Gasteiger partial charge in [-0.3, -0.25) is 0 Å². The SMILES string of the molecule is CN(C)Cc1c(O)ccc2[nH]ccc12.Oc1ccc2[nH]ccc2c1. The quantitative estimate of drug-likeness (QED) is 0.453. The highest BCUT2D eigenvalue weighted by atomic mass is 16.3. The highest BCUT2D eigenvalue weighted by Gasteiger charge is 2.07. The minimum atomic E-state index is 0.312. The van der Waals surface area contributed by atoms with Crippen molar-refractivity contribution in [3.05, 3.63) is 60.4 Å². The number of benzene rings is 2. The fourth-order valence-corrected chi connectivity index (χ4v) is 2.71. The van der Waals surface area contributed by atoms with Crippen LogP contribution in [0.25, 0.3) is 21.8 Å². The first kappa shape index (κ1) is 16.0. The van der Waals surface area contributed by atoms with Crippen LogP contribution in [0.2, 0.25) is 0 Å². The van der Waals surface area contributed by atoms with Gasteiger partial charge in [-0.15, -0.1) is 0 Å². The molecule has 5 nitrogen and oxygen atoms in total. The van der Waals surface area contributed by atoms with Gasteiger partial charge in [-0.2, -0.15) is 0 Å². The number of aromatic amines is 2. The van der Waals surface area contributed by atoms with Crippen molar-refractivity contribution in [3.63, 3.8) is 0 Å². The number of hydrogen-bond donors (Lipinski definition) is 4. The van der Waals surface area contributed by atoms with Gasteiger partial charge in [0.15, 0.2) is 0 Å². The van der Waals surface area contributed by atoms with Crippen LogP contribution in [0.5, 0.6) is 11.5 Å². The zero-order valence-electron chi connectivity index (χ0n) is 13.7. The number of phenolic OH excluding ortho intramolecular Hbond substituents is 2. The number of aromatic nitrogens is 2. The lowest BCUT2D eigenvalue weighted by Crippen LogP contribution is -2.10. The minimum Gasteiger partial charge on any atom is -0.508 e. The molecule has 4 N–H and O–H groups in total. The molecule has 0 aliphatic rings. The number of nitrogens with zero attached hydrogens (tertiary/aromatic N) is 1. The van der Waals surface area contributed by atoms with Crippen molar-refractivity contribution in [2.75, 3.05) is 14.1 Å². The number of fused-ring (bicyclic) bond motifs is 2. The van der Waals surface area contributed by atoms with Crippen LogP contribution in [-0.2, 0) is 6.54 Å². The summed E-state index contributed by atoms with van der Waals surface area (Å²) in [5.41, 5.74) is 3.10. The second-order valence-corrected chi connectivity index (χ2v) is 5.99. The molecule has 0 amide bonds. The number of aromatic hydroxyl groups is 2. The number of rotatable bonds is 2. The largest absolute Gasteiger partial charge is 0.508 e. The van der Waals surface area contributed by atoms with Gasteiger partial charge in [0.2, 0.25) is 0 Å². The topological polar surface area (TPSA) is 75.3 Å². The first-order valence-corrected chi connectivity index (χ1v) is 7.73. The second kappa shape index (κ2) is 6.68. The van der Waals surface area contributed by atoms with E-state index in [0.717, 1.165) is 33.9 Å². The number of nitrogens with one attached hydrogen (secondary N) is 2. The molecule has 124 valence electrons. The first-order valence-electron chi connectivity index (χ1n) is 7.73. The summed E-state index contributed by atoms with van der Waals surface area (Å²) in [5, 5.41) is 20.9. The Kier molecular flexibility index (Phi) is 4.44. The molecule has 2 aromatic heterocycles. The molecule has 0 bridgehead atoms. The Morgan fingerprint density at radius 3 is 2.38 bits per heavy atom. The Labute approximate surface area is 140 Å². The van der Waals surface area contributed by atoms with E-state index in [2.05, 4.69) is 9.97 Å². The van der Waals surface area contributed by atoms with Gasteiger partial charge in [0.1, 0.15) is 11.5 Å². The van der Waals surface area contributed by atoms with Crippen LogP contribution in [0.15, 0.2) is 54.9 Å². The lowest BCUT2D eigenvalue weighted by atomic mass is 10.1. The summed E-state index contributed by atoms with van der Waals surface area (Å²) in [7, 11) is 3.98. The van der Waals surface area contributed by atoms with E-state index in [1.165, 1.54) is 0 Å². The molecule has 0 unspecified atom stereocenters. The molecule has 24 heavy (non-hydrogen) atoms. The maximum Gasteiger partial charge on any atom is 0.120 e. The van der Waals surface area contributed by atoms with Gasteiger partial charge in [-0.1, -0.05) is 0 Å². The molecule has 5 heteroatoms. The van der Waals surface area contributed by atoms with Gasteiger partial charge in [0.25, 0.3) is 0 Å². The molecule has 2 aromatic carbocycles. The van der Waals surface area contributed by atoms with Crippen molar-refractivity contribution in [1.29, 1.82) is 0 Å². The van der Waals surface area contributed by atoms with E-state index < -0.39 is 0 Å². The Morgan fingerprint density at radius 2 is 1.58 bits per heavy atom. The molecule has 4 rings (SSSR count). The lowest BCUT2D eigenvalue weighted by molar-refractivity contribution is 0.388. The summed E-state index contributed by atoms with van der Waals surface area (Å²) in [6.45, 7) is 0.751. The Bertz CT molecular complexity index is 953. The third-order valence-corrected chi connectivity index (χ3v) is 3.83. The Hall–Kier alpha value is -2.92. The number of phenols is 2. The first-order chi connectivity index (χ1) is 11.5. The molecule has 2 heterocycles. The molecule has 0 spiro atoms. The standard InChI is InChI=1S/C11H14N2O.C8H7NO/c1-13(2)7-9-8-5-6-12-10(8)3-4-11(9)14;10-7-1-2-8-6(5-7)3-4-9-8/h3-6,12,14H,7H2,1-2H3;1-5,9-10H. The van der Waals surface area contributed by atoms with Gasteiger partial charge in [0.05, 0.1) is 0 Å². The lowest BCUT2D eigenvalue weighted by Gasteiger charge is -2.12. The van der Waals surface area contributed by atoms with Crippen LogP contribution >= 0.6 is 0 Å². The van der Waals surface area contributed by atoms with Crippen LogP contribution < -0.4 is 0 Å². The minimum absolute atomic E-state index is 0.312. The van der Waals surface area contributed by atoms with Crippen molar-refractivity contribution in [2.45, 2.75) is 6.54 Å². The third kappa shape index (κ3) is 3.36. The smallest absolute Gasteiger partial charge is 0.120 e. The van der Waals surface area contributed by atoms with E-state index in [0.29, 0.717) is 11.5 Å². The highest BCUT2D eigenvalue weighted by Crippen LogP contribution is 2.27. The maximum atomic E-state index is 9.74. The van der Waals surface area contributed by atoms with Crippen molar-refractivity contribution in [1.82, 2.24) is 14.9 Å². The Morgan fingerprint density at radius 1 is 0.875 bits per heavy atom. The van der Waals surface area contributed by atoms with Gasteiger partial charge in [-0.25, -0.2) is 0 Å². The van der Waals surface area contributed by atoms with E-state index in [4.69, 9.17) is 5.11 Å². The fraction of sp³-hybridized carbons (Fsp3) is 0.158. The van der Waals surface area contributed by atoms with E-state index in [9.17, 15) is 5.11 Å². The van der Waals surface area contributed by atoms with Crippen molar-refractivity contribution in [3.8, 4) is 11.5 Å². The number of H-pyrrole nitrogens is 2. The summed E-state index contributed by atoms with van der Waals surface area (Å²) < 4.78 is 0. The summed E-state index contributed by atoms with van der Waals surface area (Å²) in [4.78, 5) is 8.21. The van der Waals surface area contributed by atoms with Crippen molar-refractivity contribution < 1.29 is 10.2 Å². The van der Waals surface area contributed by atoms with E-state index in [-0.39, 0.29) is 0 Å². The van der Waals surface area contributed by atoms with Crippen LogP contribution in [0.3, 0.4) is 0 Å². The molecule has 0 aliphatic heterocycles. The van der Waals surface area contributed by atoms with Gasteiger partial charge in [-0.05, 0) is 56.6 Å². The molecule has 4 aromatic rings. The average Bonchev–Trinajstić information content (AvgIpc) is 3.18. The second-order valence-electron chi connectivity index (χ2n) is 5.99. The molecular formula is C19H21N3O2. The molecule has 0 radical (unpaired) electrons. The third-order valence-electron chi connectivity index (χ3n) is 3.83. The van der Waals surface area contributed by atoms with Crippen LogP contribution in [-0.4, -0.2) is 39.2 Å². The fourth-order valence-electron chi connectivity index (χ4n) is 2.71. The van der Waals surface area contributed by atoms with Gasteiger partial charge in [0, 0.05) is 46.3 Å². The zero-order valence-corrected chi connectivity index (χ0v) is 13.7. The predicted octanol–water partition coefficient (Wildman–Crippen LogP) is 3.81. The molecular weight excluding hydrogens is 302 g/mol. The molecule has 0 fully saturated rings. The average molecular weight is 323 g/mol. The molecule has 0 atom stereocenters. The predicted molar refractivity (Wildman–Crippen MR) is 97.3 cm³/mol.